The van der Waals surface area contributed by atoms with E-state index in [0.29, 0.717) is 0 Å². The summed E-state index contributed by atoms with van der Waals surface area (Å²) in [7, 11) is -0.866. The zero-order chi connectivity index (χ0) is 7.33. The molecule has 3 heteroatoms. The predicted molar refractivity (Wildman–Crippen MR) is 50.2 cm³/mol. The van der Waals surface area contributed by atoms with Gasteiger partial charge in [0, 0.05) is 12.3 Å². The number of hydrogen-bond acceptors (Lipinski definition) is 2. The molecule has 9 heavy (non-hydrogen) atoms. The molecule has 0 spiro atoms. The molecule has 0 aromatic carbocycles. The Labute approximate surface area is 62.6 Å². The molecule has 0 aliphatic carbocycles. The van der Waals surface area contributed by atoms with Gasteiger partial charge >= 0.3 is 0 Å². The van der Waals surface area contributed by atoms with Crippen molar-refractivity contribution in [3.05, 3.63) is 0 Å². The van der Waals surface area contributed by atoms with Crippen LogP contribution in [0.25, 0.3) is 0 Å². The molecule has 0 radical (unpaired) electrons. The van der Waals surface area contributed by atoms with E-state index in [9.17, 15) is 0 Å². The maximum atomic E-state index is 3.79. The largest absolute Gasteiger partial charge is 0.300 e. The van der Waals surface area contributed by atoms with Crippen LogP contribution < -0.4 is 0 Å². The van der Waals surface area contributed by atoms with E-state index in [-0.39, 0.29) is 0 Å². The fraction of sp³-hybridized carbons (Fsp3) is 0.833. The highest BCUT2D eigenvalue weighted by Crippen LogP contribution is 2.18. The van der Waals surface area contributed by atoms with Gasteiger partial charge in [-0.2, -0.15) is 11.2 Å². The van der Waals surface area contributed by atoms with Crippen LogP contribution in [-0.2, 0) is 0 Å². The second-order valence-electron chi connectivity index (χ2n) is 2.91. The van der Waals surface area contributed by atoms with Crippen molar-refractivity contribution in [3.8, 4) is 0 Å². The average molecular weight is 161 g/mol. The van der Waals surface area contributed by atoms with Gasteiger partial charge in [0.1, 0.15) is 7.22 Å². The normalized spacial score (nSPS) is 11.4. The van der Waals surface area contributed by atoms with E-state index in [0.717, 1.165) is 12.3 Å². The average Bonchev–Trinajstić information content (AvgIpc) is 1.63. The molecule has 0 heterocycles. The van der Waals surface area contributed by atoms with E-state index < -0.39 is 7.22 Å². The molecule has 0 amide bonds. The van der Waals surface area contributed by atoms with E-state index >= 15 is 0 Å². The monoisotopic (exact) mass is 161 g/mol. The summed E-state index contributed by atoms with van der Waals surface area (Å²) in [6.45, 7) is 11.4. The minimum atomic E-state index is -0.866. The Morgan fingerprint density at radius 1 is 1.44 bits per heavy atom. The second kappa shape index (κ2) is 4.12. The second-order valence-corrected chi connectivity index (χ2v) is 12.4. The Morgan fingerprint density at radius 3 is 2.33 bits per heavy atom. The number of rotatable bonds is 4. The summed E-state index contributed by atoms with van der Waals surface area (Å²) in [6, 6.07) is 0. The molecular weight excluding hydrogens is 146 g/mol. The minimum absolute atomic E-state index is 0.866. The summed E-state index contributed by atoms with van der Waals surface area (Å²) in [5.74, 6) is 1.15. The van der Waals surface area contributed by atoms with Crippen LogP contribution in [0.1, 0.15) is 0 Å². The Bertz CT molecular complexity index is 87.5. The Morgan fingerprint density at radius 2 is 2.00 bits per heavy atom. The third kappa shape index (κ3) is 8.24. The summed E-state index contributed by atoms with van der Waals surface area (Å²) in [6.07, 6.45) is 0. The SMILES string of the molecule is C=NCCS[Si](C)(C)C. The molecule has 0 bridgehead atoms. The van der Waals surface area contributed by atoms with Gasteiger partial charge in [0.25, 0.3) is 0 Å². The van der Waals surface area contributed by atoms with E-state index in [1.165, 1.54) is 0 Å². The zero-order valence-electron chi connectivity index (χ0n) is 6.48. The zero-order valence-corrected chi connectivity index (χ0v) is 8.29. The summed E-state index contributed by atoms with van der Waals surface area (Å²) in [5.41, 5.74) is 0. The Kier molecular flexibility index (Phi) is 4.22. The van der Waals surface area contributed by atoms with E-state index in [1.807, 2.05) is 0 Å². The van der Waals surface area contributed by atoms with Crippen molar-refractivity contribution in [2.45, 2.75) is 19.6 Å². The van der Waals surface area contributed by atoms with Crippen molar-refractivity contribution < 1.29 is 0 Å². The maximum absolute atomic E-state index is 3.79. The van der Waals surface area contributed by atoms with Gasteiger partial charge in [-0.3, -0.25) is 0 Å². The van der Waals surface area contributed by atoms with E-state index in [1.54, 1.807) is 0 Å². The lowest BCUT2D eigenvalue weighted by atomic mass is 10.8. The molecule has 0 aromatic rings. The Hall–Kier alpha value is 0.237. The van der Waals surface area contributed by atoms with Crippen molar-refractivity contribution in [1.82, 2.24) is 0 Å². The summed E-state index contributed by atoms with van der Waals surface area (Å²) >= 11 is 2.06. The third-order valence-electron chi connectivity index (χ3n) is 0.784. The molecule has 0 rings (SSSR count). The third-order valence-corrected chi connectivity index (χ3v) is 5.25. The van der Waals surface area contributed by atoms with Crippen molar-refractivity contribution in [2.24, 2.45) is 4.99 Å². The number of hydrogen-bond donors (Lipinski definition) is 0. The van der Waals surface area contributed by atoms with Crippen molar-refractivity contribution >= 4 is 25.2 Å². The molecule has 0 N–H and O–H groups in total. The number of aliphatic imine (C=N–C) groups is 1. The van der Waals surface area contributed by atoms with Gasteiger partial charge in [-0.1, -0.05) is 19.6 Å². The highest BCUT2D eigenvalue weighted by molar-refractivity contribution is 8.28. The molecule has 0 aromatic heterocycles. The molecule has 0 aliphatic heterocycles. The van der Waals surface area contributed by atoms with Crippen LogP contribution in [0.3, 0.4) is 0 Å². The topological polar surface area (TPSA) is 12.4 Å². The molecule has 0 saturated heterocycles. The first kappa shape index (κ1) is 9.24. The Balaban J connectivity index is 3.17. The lowest BCUT2D eigenvalue weighted by Crippen LogP contribution is -2.15. The number of nitrogens with zero attached hydrogens (tertiary/aromatic N) is 1. The lowest BCUT2D eigenvalue weighted by Gasteiger charge is -2.13. The predicted octanol–water partition coefficient (Wildman–Crippen LogP) is 2.26. The smallest absolute Gasteiger partial charge is 0.108 e. The highest BCUT2D eigenvalue weighted by Gasteiger charge is 2.11. The van der Waals surface area contributed by atoms with Gasteiger partial charge < -0.3 is 4.99 Å². The van der Waals surface area contributed by atoms with Gasteiger partial charge in [0.05, 0.1) is 0 Å². The first-order valence-corrected chi connectivity index (χ1v) is 8.34. The summed E-state index contributed by atoms with van der Waals surface area (Å²) in [4.78, 5) is 3.79. The molecule has 0 aliphatic rings. The lowest BCUT2D eigenvalue weighted by molar-refractivity contribution is 1.17. The molecule has 0 saturated carbocycles. The summed E-state index contributed by atoms with van der Waals surface area (Å²) in [5, 5.41) is 0. The van der Waals surface area contributed by atoms with Crippen LogP contribution in [-0.4, -0.2) is 26.2 Å². The van der Waals surface area contributed by atoms with E-state index in [4.69, 9.17) is 0 Å². The van der Waals surface area contributed by atoms with Crippen LogP contribution in [0.2, 0.25) is 19.6 Å². The van der Waals surface area contributed by atoms with Crippen LogP contribution in [0, 0.1) is 0 Å². The fourth-order valence-electron chi connectivity index (χ4n) is 0.416. The fourth-order valence-corrected chi connectivity index (χ4v) is 3.36. The molecule has 0 unspecified atom stereocenters. The van der Waals surface area contributed by atoms with Gasteiger partial charge in [0.2, 0.25) is 0 Å². The van der Waals surface area contributed by atoms with Crippen LogP contribution in [0.4, 0.5) is 0 Å². The first-order chi connectivity index (χ1) is 4.06. The maximum Gasteiger partial charge on any atom is 0.108 e. The molecular formula is C6H15NSSi. The van der Waals surface area contributed by atoms with Gasteiger partial charge in [0.15, 0.2) is 0 Å². The van der Waals surface area contributed by atoms with E-state index in [2.05, 4.69) is 42.6 Å². The van der Waals surface area contributed by atoms with Gasteiger partial charge in [-0.15, -0.1) is 0 Å². The molecule has 0 fully saturated rings. The van der Waals surface area contributed by atoms with Crippen molar-refractivity contribution in [2.75, 3.05) is 12.3 Å². The minimum Gasteiger partial charge on any atom is -0.300 e. The highest BCUT2D eigenvalue weighted by atomic mass is 32.4. The molecule has 54 valence electrons. The van der Waals surface area contributed by atoms with Gasteiger partial charge in [-0.05, 0) is 6.72 Å². The molecule has 1 nitrogen and oxygen atoms in total. The van der Waals surface area contributed by atoms with Crippen LogP contribution in [0.15, 0.2) is 4.99 Å². The quantitative estimate of drug-likeness (QED) is 0.350. The first-order valence-electron chi connectivity index (χ1n) is 3.13. The van der Waals surface area contributed by atoms with Gasteiger partial charge in [-0.25, -0.2) is 0 Å². The van der Waals surface area contributed by atoms with Crippen LogP contribution in [0.5, 0.6) is 0 Å². The molecule has 0 atom stereocenters. The van der Waals surface area contributed by atoms with Crippen molar-refractivity contribution in [1.29, 1.82) is 0 Å². The van der Waals surface area contributed by atoms with Crippen molar-refractivity contribution in [3.63, 3.8) is 0 Å². The standard InChI is InChI=1S/C6H15NSSi/c1-7-5-6-8-9(2,3)4/h1,5-6H2,2-4H3. The summed E-state index contributed by atoms with van der Waals surface area (Å²) < 4.78 is 0. The van der Waals surface area contributed by atoms with Crippen LogP contribution >= 0.6 is 11.2 Å².